The molecule has 0 spiro atoms. The van der Waals surface area contributed by atoms with Gasteiger partial charge in [-0.2, -0.15) is 0 Å². The summed E-state index contributed by atoms with van der Waals surface area (Å²) in [5, 5.41) is 0. The summed E-state index contributed by atoms with van der Waals surface area (Å²) in [5.74, 6) is 7.72. The Morgan fingerprint density at radius 3 is 2.77 bits per heavy atom. The highest BCUT2D eigenvalue weighted by Crippen LogP contribution is 2.42. The molecule has 0 bridgehead atoms. The van der Waals surface area contributed by atoms with E-state index in [-0.39, 0.29) is 11.5 Å². The van der Waals surface area contributed by atoms with Crippen molar-refractivity contribution in [1.29, 1.82) is 0 Å². The molecular weight excluding hydrogens is 336 g/mol. The molecule has 0 aromatic heterocycles. The Morgan fingerprint density at radius 2 is 2.05 bits per heavy atom. The molecule has 2 aromatic carbocycles. The molecule has 2 heteroatoms. The Bertz CT molecular complexity index is 754. The molecule has 0 aliphatic carbocycles. The second kappa shape index (κ2) is 6.02. The van der Waals surface area contributed by atoms with Gasteiger partial charge in [0.25, 0.3) is 0 Å². The highest BCUT2D eigenvalue weighted by Gasteiger charge is 2.34. The number of hydrogen-bond donors (Lipinski definition) is 0. The number of halogens is 1. The second-order valence-electron chi connectivity index (χ2n) is 5.69. The molecule has 0 radical (unpaired) electrons. The first-order valence-electron chi connectivity index (χ1n) is 7.28. The van der Waals surface area contributed by atoms with Gasteiger partial charge in [0.1, 0.15) is 11.4 Å². The summed E-state index contributed by atoms with van der Waals surface area (Å²) in [6.07, 6.45) is 2.68. The monoisotopic (exact) mass is 352 g/mol. The molecule has 1 aliphatic heterocycles. The third-order valence-electron chi connectivity index (χ3n) is 3.90. The van der Waals surface area contributed by atoms with Crippen LogP contribution in [0.3, 0.4) is 0 Å². The Morgan fingerprint density at radius 1 is 1.27 bits per heavy atom. The van der Waals surface area contributed by atoms with Crippen LogP contribution < -0.4 is 4.74 Å². The first-order valence-corrected chi connectivity index (χ1v) is 8.08. The van der Waals surface area contributed by atoms with Gasteiger partial charge in [-0.25, -0.2) is 0 Å². The van der Waals surface area contributed by atoms with Crippen LogP contribution in [0.5, 0.6) is 5.75 Å². The van der Waals surface area contributed by atoms with E-state index >= 15 is 0 Å². The van der Waals surface area contributed by atoms with Crippen LogP contribution in [-0.2, 0) is 0 Å². The fourth-order valence-corrected chi connectivity index (χ4v) is 3.02. The fourth-order valence-electron chi connectivity index (χ4n) is 2.64. The van der Waals surface area contributed by atoms with Crippen LogP contribution in [0.15, 0.2) is 65.7 Å². The smallest absolute Gasteiger partial charge is 0.126 e. The molecule has 0 N–H and O–H groups in total. The van der Waals surface area contributed by atoms with Crippen molar-refractivity contribution in [2.45, 2.75) is 24.9 Å². The number of ether oxygens (including phenoxy) is 1. The van der Waals surface area contributed by atoms with E-state index < -0.39 is 0 Å². The molecule has 0 amide bonds. The van der Waals surface area contributed by atoms with Crippen molar-refractivity contribution in [3.63, 3.8) is 0 Å². The zero-order valence-electron chi connectivity index (χ0n) is 12.5. The first kappa shape index (κ1) is 14.9. The molecule has 0 fully saturated rings. The summed E-state index contributed by atoms with van der Waals surface area (Å²) >= 11 is 3.54. The number of fused-ring (bicyclic) bond motifs is 1. The molecule has 2 aromatic rings. The summed E-state index contributed by atoms with van der Waals surface area (Å²) in [6.45, 7) is 5.97. The molecule has 2 atom stereocenters. The van der Waals surface area contributed by atoms with Crippen LogP contribution in [0.4, 0.5) is 0 Å². The molecule has 1 heterocycles. The van der Waals surface area contributed by atoms with Crippen LogP contribution in [0, 0.1) is 11.8 Å². The summed E-state index contributed by atoms with van der Waals surface area (Å²) in [6, 6.07) is 16.2. The Kier molecular flexibility index (Phi) is 4.09. The van der Waals surface area contributed by atoms with Crippen molar-refractivity contribution >= 4 is 15.9 Å². The average Bonchev–Trinajstić information content (AvgIpc) is 2.54. The van der Waals surface area contributed by atoms with E-state index in [0.29, 0.717) is 0 Å². The van der Waals surface area contributed by atoms with Crippen LogP contribution in [-0.4, -0.2) is 5.60 Å². The fraction of sp³-hybridized carbons (Fsp3) is 0.200. The van der Waals surface area contributed by atoms with Crippen molar-refractivity contribution < 1.29 is 4.74 Å². The lowest BCUT2D eigenvalue weighted by atomic mass is 9.83. The highest BCUT2D eigenvalue weighted by molar-refractivity contribution is 9.10. The predicted octanol–water partition coefficient (Wildman–Crippen LogP) is 5.31. The summed E-state index contributed by atoms with van der Waals surface area (Å²) in [5.41, 5.74) is 1.79. The predicted molar refractivity (Wildman–Crippen MR) is 94.1 cm³/mol. The van der Waals surface area contributed by atoms with E-state index in [0.717, 1.165) is 27.8 Å². The van der Waals surface area contributed by atoms with Gasteiger partial charge in [0.05, 0.1) is 5.92 Å². The van der Waals surface area contributed by atoms with Crippen LogP contribution in [0.1, 0.15) is 30.4 Å². The largest absolute Gasteiger partial charge is 0.483 e. The molecule has 3 rings (SSSR count). The molecule has 1 nitrogen and oxygen atoms in total. The molecule has 1 aliphatic rings. The number of rotatable bonds is 1. The van der Waals surface area contributed by atoms with Gasteiger partial charge in [0.2, 0.25) is 0 Å². The Labute approximate surface area is 140 Å². The number of hydrogen-bond acceptors (Lipinski definition) is 1. The zero-order valence-corrected chi connectivity index (χ0v) is 14.1. The standard InChI is InChI=1S/C20H17BrO/c1-3-20(2)14-16(10-9-15-7-5-4-6-8-15)18-13-17(21)11-12-19(18)22-20/h3-8,11-13,16H,1,14H2,2H3/t16-,20+/m0/s1. The maximum absolute atomic E-state index is 6.10. The van der Waals surface area contributed by atoms with E-state index in [1.807, 2.05) is 48.5 Å². The van der Waals surface area contributed by atoms with Gasteiger partial charge in [-0.05, 0) is 43.3 Å². The summed E-state index contributed by atoms with van der Waals surface area (Å²) < 4.78 is 7.14. The minimum atomic E-state index is -0.378. The first-order chi connectivity index (χ1) is 10.6. The van der Waals surface area contributed by atoms with Crippen molar-refractivity contribution in [3.05, 3.63) is 76.8 Å². The van der Waals surface area contributed by atoms with Crippen LogP contribution in [0.25, 0.3) is 0 Å². The topological polar surface area (TPSA) is 9.23 Å². The van der Waals surface area contributed by atoms with Gasteiger partial charge in [-0.1, -0.05) is 52.5 Å². The van der Waals surface area contributed by atoms with E-state index in [4.69, 9.17) is 4.74 Å². The molecule has 22 heavy (non-hydrogen) atoms. The maximum atomic E-state index is 6.10. The quantitative estimate of drug-likeness (QED) is 0.499. The van der Waals surface area contributed by atoms with Crippen LogP contribution >= 0.6 is 15.9 Å². The highest BCUT2D eigenvalue weighted by atomic mass is 79.9. The average molecular weight is 353 g/mol. The lowest BCUT2D eigenvalue weighted by molar-refractivity contribution is 0.109. The lowest BCUT2D eigenvalue weighted by Crippen LogP contribution is -2.35. The minimum Gasteiger partial charge on any atom is -0.483 e. The van der Waals surface area contributed by atoms with Gasteiger partial charge in [-0.3, -0.25) is 0 Å². The maximum Gasteiger partial charge on any atom is 0.126 e. The van der Waals surface area contributed by atoms with E-state index in [9.17, 15) is 0 Å². The molecular formula is C20H17BrO. The van der Waals surface area contributed by atoms with E-state index in [2.05, 4.69) is 47.3 Å². The third-order valence-corrected chi connectivity index (χ3v) is 4.39. The van der Waals surface area contributed by atoms with Crippen molar-refractivity contribution in [2.24, 2.45) is 0 Å². The van der Waals surface area contributed by atoms with Gasteiger partial charge in [-0.15, -0.1) is 0 Å². The Hall–Kier alpha value is -1.98. The third kappa shape index (κ3) is 3.10. The van der Waals surface area contributed by atoms with Gasteiger partial charge < -0.3 is 4.74 Å². The zero-order chi connectivity index (χ0) is 15.6. The van der Waals surface area contributed by atoms with E-state index in [1.165, 1.54) is 0 Å². The van der Waals surface area contributed by atoms with Crippen molar-refractivity contribution in [2.75, 3.05) is 0 Å². The van der Waals surface area contributed by atoms with Gasteiger partial charge >= 0.3 is 0 Å². The molecule has 0 saturated heterocycles. The van der Waals surface area contributed by atoms with Gasteiger partial charge in [0.15, 0.2) is 0 Å². The SMILES string of the molecule is C=C[C@]1(C)C[C@H](C#Cc2ccccc2)c2cc(Br)ccc2O1. The normalized spacial score (nSPS) is 22.7. The van der Waals surface area contributed by atoms with E-state index in [1.54, 1.807) is 0 Å². The molecule has 0 unspecified atom stereocenters. The van der Waals surface area contributed by atoms with Crippen molar-refractivity contribution in [3.8, 4) is 17.6 Å². The summed E-state index contributed by atoms with van der Waals surface area (Å²) in [7, 11) is 0. The van der Waals surface area contributed by atoms with Crippen molar-refractivity contribution in [1.82, 2.24) is 0 Å². The number of benzene rings is 2. The lowest BCUT2D eigenvalue weighted by Gasteiger charge is -2.36. The summed E-state index contributed by atoms with van der Waals surface area (Å²) in [4.78, 5) is 0. The molecule has 0 saturated carbocycles. The van der Waals surface area contributed by atoms with Gasteiger partial charge in [0, 0.05) is 22.0 Å². The van der Waals surface area contributed by atoms with Crippen LogP contribution in [0.2, 0.25) is 0 Å². The minimum absolute atomic E-state index is 0.129. The Balaban J connectivity index is 2.01. The molecule has 110 valence electrons. The second-order valence-corrected chi connectivity index (χ2v) is 6.61.